The Bertz CT molecular complexity index is 1000. The van der Waals surface area contributed by atoms with Crippen LogP contribution in [0, 0.1) is 6.92 Å². The summed E-state index contributed by atoms with van der Waals surface area (Å²) in [7, 11) is 0. The third-order valence-corrected chi connectivity index (χ3v) is 6.06. The van der Waals surface area contributed by atoms with Crippen molar-refractivity contribution in [3.8, 4) is 0 Å². The molecule has 2 aromatic carbocycles. The Hall–Kier alpha value is -2.47. The molecule has 2 fully saturated rings. The Morgan fingerprint density at radius 3 is 2.63 bits per heavy atom. The van der Waals surface area contributed by atoms with Crippen molar-refractivity contribution in [2.45, 2.75) is 19.6 Å². The van der Waals surface area contributed by atoms with Gasteiger partial charge in [0, 0.05) is 43.7 Å². The molecule has 3 heterocycles. The Balaban J connectivity index is 1.44. The number of fused-ring (bicyclic) bond motifs is 1. The van der Waals surface area contributed by atoms with E-state index in [0.717, 1.165) is 63.9 Å². The van der Waals surface area contributed by atoms with Crippen LogP contribution in [0.1, 0.15) is 22.8 Å². The van der Waals surface area contributed by atoms with E-state index >= 15 is 0 Å². The number of hydrogen-bond acceptors (Lipinski definition) is 5. The molecule has 1 atom stereocenters. The first-order valence-electron chi connectivity index (χ1n) is 10.9. The van der Waals surface area contributed by atoms with Crippen LogP contribution in [0.3, 0.4) is 0 Å². The number of hydrogen-bond donors (Lipinski definition) is 0. The Morgan fingerprint density at radius 2 is 1.80 bits per heavy atom. The predicted octanol–water partition coefficient (Wildman–Crippen LogP) is 3.95. The summed E-state index contributed by atoms with van der Waals surface area (Å²) in [4.78, 5) is 10.0. The fourth-order valence-corrected chi connectivity index (χ4v) is 4.43. The monoisotopic (exact) mass is 403 g/mol. The van der Waals surface area contributed by atoms with E-state index in [2.05, 4.69) is 71.3 Å². The standard InChI is InChI=1S/C25H29N3O2/c1-19-7-8-21-16-22(25(26-23(21)15-19)28-10-12-29-13-11-28)17-27-9-14-30-24(18-27)20-5-3-2-4-6-20/h2-8,15-16,24H,9-14,17-18H2,1H3. The molecule has 5 nitrogen and oxygen atoms in total. The van der Waals surface area contributed by atoms with Crippen molar-refractivity contribution in [1.29, 1.82) is 0 Å². The van der Waals surface area contributed by atoms with Crippen LogP contribution >= 0.6 is 0 Å². The van der Waals surface area contributed by atoms with Gasteiger partial charge in [-0.15, -0.1) is 0 Å². The molecule has 0 bridgehead atoms. The molecule has 3 aromatic rings. The van der Waals surface area contributed by atoms with Crippen molar-refractivity contribution in [1.82, 2.24) is 9.88 Å². The molecular formula is C25H29N3O2. The zero-order valence-electron chi connectivity index (χ0n) is 17.6. The summed E-state index contributed by atoms with van der Waals surface area (Å²) in [5.41, 5.74) is 4.86. The number of benzene rings is 2. The molecule has 0 amide bonds. The van der Waals surface area contributed by atoms with Crippen molar-refractivity contribution in [2.75, 3.05) is 50.9 Å². The highest BCUT2D eigenvalue weighted by Gasteiger charge is 2.24. The van der Waals surface area contributed by atoms with E-state index in [4.69, 9.17) is 14.5 Å². The second-order valence-corrected chi connectivity index (χ2v) is 8.27. The van der Waals surface area contributed by atoms with Crippen LogP contribution in [0.5, 0.6) is 0 Å². The quantitative estimate of drug-likeness (QED) is 0.659. The fraction of sp³-hybridized carbons (Fsp3) is 0.400. The van der Waals surface area contributed by atoms with Crippen LogP contribution in [0.15, 0.2) is 54.6 Å². The van der Waals surface area contributed by atoms with E-state index in [1.807, 2.05) is 0 Å². The third-order valence-electron chi connectivity index (χ3n) is 6.06. The van der Waals surface area contributed by atoms with Gasteiger partial charge in [0.05, 0.1) is 31.4 Å². The lowest BCUT2D eigenvalue weighted by Gasteiger charge is -2.35. The Labute approximate surface area is 178 Å². The molecule has 156 valence electrons. The molecule has 1 unspecified atom stereocenters. The van der Waals surface area contributed by atoms with Crippen molar-refractivity contribution < 1.29 is 9.47 Å². The summed E-state index contributed by atoms with van der Waals surface area (Å²) in [5, 5.41) is 1.21. The van der Waals surface area contributed by atoms with Crippen LogP contribution in [0.4, 0.5) is 5.82 Å². The molecule has 0 saturated carbocycles. The summed E-state index contributed by atoms with van der Waals surface area (Å²) in [6.07, 6.45) is 0.128. The van der Waals surface area contributed by atoms with Crippen molar-refractivity contribution >= 4 is 16.7 Å². The minimum Gasteiger partial charge on any atom is -0.378 e. The summed E-state index contributed by atoms with van der Waals surface area (Å²) in [6.45, 7) is 8.93. The molecule has 2 aliphatic rings. The number of ether oxygens (including phenoxy) is 2. The fourth-order valence-electron chi connectivity index (χ4n) is 4.43. The molecule has 30 heavy (non-hydrogen) atoms. The number of aromatic nitrogens is 1. The molecular weight excluding hydrogens is 374 g/mol. The summed E-state index contributed by atoms with van der Waals surface area (Å²) < 4.78 is 11.7. The van der Waals surface area contributed by atoms with E-state index in [9.17, 15) is 0 Å². The van der Waals surface area contributed by atoms with E-state index in [1.165, 1.54) is 22.1 Å². The minimum atomic E-state index is 0.128. The van der Waals surface area contributed by atoms with Gasteiger partial charge in [0.1, 0.15) is 5.82 Å². The van der Waals surface area contributed by atoms with Crippen molar-refractivity contribution in [3.63, 3.8) is 0 Å². The largest absolute Gasteiger partial charge is 0.378 e. The van der Waals surface area contributed by atoms with Gasteiger partial charge in [-0.05, 0) is 30.2 Å². The van der Waals surface area contributed by atoms with Crippen LogP contribution in [-0.2, 0) is 16.0 Å². The lowest BCUT2D eigenvalue weighted by Crippen LogP contribution is -2.40. The molecule has 0 aliphatic carbocycles. The minimum absolute atomic E-state index is 0.128. The number of rotatable bonds is 4. The molecule has 5 heteroatoms. The van der Waals surface area contributed by atoms with Crippen molar-refractivity contribution in [3.05, 3.63) is 71.3 Å². The zero-order chi connectivity index (χ0) is 20.3. The molecule has 5 rings (SSSR count). The SMILES string of the molecule is Cc1ccc2cc(CN3CCOC(c4ccccc4)C3)c(N3CCOCC3)nc2c1. The van der Waals surface area contributed by atoms with Gasteiger partial charge in [0.25, 0.3) is 0 Å². The predicted molar refractivity (Wildman–Crippen MR) is 120 cm³/mol. The van der Waals surface area contributed by atoms with Crippen molar-refractivity contribution in [2.24, 2.45) is 0 Å². The molecule has 2 saturated heterocycles. The van der Waals surface area contributed by atoms with Crippen LogP contribution in [0.25, 0.3) is 10.9 Å². The average molecular weight is 404 g/mol. The van der Waals surface area contributed by atoms with E-state index in [-0.39, 0.29) is 6.10 Å². The molecule has 1 aromatic heterocycles. The van der Waals surface area contributed by atoms with Gasteiger partial charge < -0.3 is 14.4 Å². The maximum Gasteiger partial charge on any atom is 0.133 e. The summed E-state index contributed by atoms with van der Waals surface area (Å²) in [5.74, 6) is 1.11. The van der Waals surface area contributed by atoms with Crippen LogP contribution < -0.4 is 4.90 Å². The second-order valence-electron chi connectivity index (χ2n) is 8.27. The van der Waals surface area contributed by atoms with E-state index < -0.39 is 0 Å². The highest BCUT2D eigenvalue weighted by atomic mass is 16.5. The van der Waals surface area contributed by atoms with Gasteiger partial charge in [-0.3, -0.25) is 4.90 Å². The highest BCUT2D eigenvalue weighted by Crippen LogP contribution is 2.29. The number of aryl methyl sites for hydroxylation is 1. The normalized spacial score (nSPS) is 20.6. The Morgan fingerprint density at radius 1 is 0.967 bits per heavy atom. The number of nitrogens with zero attached hydrogens (tertiary/aromatic N) is 3. The van der Waals surface area contributed by atoms with Crippen LogP contribution in [-0.4, -0.2) is 55.9 Å². The molecule has 0 spiro atoms. The zero-order valence-corrected chi connectivity index (χ0v) is 17.6. The molecule has 0 N–H and O–H groups in total. The van der Waals surface area contributed by atoms with Gasteiger partial charge in [0.15, 0.2) is 0 Å². The van der Waals surface area contributed by atoms with Gasteiger partial charge in [-0.25, -0.2) is 4.98 Å². The lowest BCUT2D eigenvalue weighted by atomic mass is 10.1. The number of pyridine rings is 1. The third kappa shape index (κ3) is 4.19. The first-order valence-corrected chi connectivity index (χ1v) is 10.9. The first-order chi connectivity index (χ1) is 14.8. The maximum absolute atomic E-state index is 6.08. The van der Waals surface area contributed by atoms with Gasteiger partial charge in [-0.2, -0.15) is 0 Å². The lowest BCUT2D eigenvalue weighted by molar-refractivity contribution is -0.0329. The topological polar surface area (TPSA) is 37.8 Å². The number of morpholine rings is 2. The summed E-state index contributed by atoms with van der Waals surface area (Å²) >= 11 is 0. The summed E-state index contributed by atoms with van der Waals surface area (Å²) in [6, 6.07) is 19.4. The van der Waals surface area contributed by atoms with E-state index in [1.54, 1.807) is 0 Å². The smallest absolute Gasteiger partial charge is 0.133 e. The average Bonchev–Trinajstić information content (AvgIpc) is 2.80. The van der Waals surface area contributed by atoms with Gasteiger partial charge in [0.2, 0.25) is 0 Å². The maximum atomic E-state index is 6.08. The second kappa shape index (κ2) is 8.72. The van der Waals surface area contributed by atoms with Crippen LogP contribution in [0.2, 0.25) is 0 Å². The van der Waals surface area contributed by atoms with Gasteiger partial charge >= 0.3 is 0 Å². The molecule has 0 radical (unpaired) electrons. The Kier molecular flexibility index (Phi) is 5.67. The highest BCUT2D eigenvalue weighted by molar-refractivity contribution is 5.82. The number of anilines is 1. The van der Waals surface area contributed by atoms with E-state index in [0.29, 0.717) is 0 Å². The van der Waals surface area contributed by atoms with Gasteiger partial charge in [-0.1, -0.05) is 42.5 Å². The molecule has 2 aliphatic heterocycles. The first kappa shape index (κ1) is 19.5.